The maximum Gasteiger partial charge on any atom is 0.277 e. The molecular weight excluding hydrogens is 440 g/mol. The molecule has 0 aliphatic rings. The Balaban J connectivity index is 1.73. The Kier molecular flexibility index (Phi) is 8.50. The predicted molar refractivity (Wildman–Crippen MR) is 125 cm³/mol. The van der Waals surface area contributed by atoms with Gasteiger partial charge in [-0.15, -0.1) is 0 Å². The highest BCUT2D eigenvalue weighted by Gasteiger charge is 2.17. The van der Waals surface area contributed by atoms with Crippen molar-refractivity contribution in [1.82, 2.24) is 25.4 Å². The molecule has 182 valence electrons. The van der Waals surface area contributed by atoms with Crippen LogP contribution in [0, 0.1) is 20.8 Å². The number of nitrogens with one attached hydrogen (secondary N) is 2. The Morgan fingerprint density at radius 1 is 1.15 bits per heavy atom. The molecule has 34 heavy (non-hydrogen) atoms. The monoisotopic (exact) mass is 470 g/mol. The van der Waals surface area contributed by atoms with Gasteiger partial charge in [0.15, 0.2) is 0 Å². The number of aliphatic hydroxyl groups is 2. The second kappa shape index (κ2) is 11.5. The SMILES string of the molecule is CCCNc1nc(C)cc(-c2nc(-c3cc(C)c(OCC(O)CNC(=O)CO)c(C)c3)no2)n1. The van der Waals surface area contributed by atoms with E-state index in [0.29, 0.717) is 29.1 Å². The van der Waals surface area contributed by atoms with E-state index in [4.69, 9.17) is 14.4 Å². The van der Waals surface area contributed by atoms with Gasteiger partial charge in [-0.05, 0) is 56.5 Å². The van der Waals surface area contributed by atoms with Crippen molar-refractivity contribution in [2.24, 2.45) is 0 Å². The van der Waals surface area contributed by atoms with Gasteiger partial charge in [-0.1, -0.05) is 12.1 Å². The van der Waals surface area contributed by atoms with Crippen LogP contribution in [0.25, 0.3) is 23.0 Å². The topological polar surface area (TPSA) is 156 Å². The molecule has 0 aliphatic heterocycles. The summed E-state index contributed by atoms with van der Waals surface area (Å²) in [5.41, 5.74) is 3.74. The molecule has 0 radical (unpaired) electrons. The van der Waals surface area contributed by atoms with Crippen LogP contribution in [-0.4, -0.2) is 68.6 Å². The van der Waals surface area contributed by atoms with Crippen LogP contribution in [0.15, 0.2) is 22.7 Å². The van der Waals surface area contributed by atoms with E-state index < -0.39 is 18.6 Å². The third kappa shape index (κ3) is 6.49. The molecular formula is C23H30N6O5. The Hall–Kier alpha value is -3.57. The lowest BCUT2D eigenvalue weighted by Gasteiger charge is -2.16. The number of carbonyl (C=O) groups is 1. The number of anilines is 1. The van der Waals surface area contributed by atoms with Crippen molar-refractivity contribution in [1.29, 1.82) is 0 Å². The van der Waals surface area contributed by atoms with E-state index >= 15 is 0 Å². The second-order valence-electron chi connectivity index (χ2n) is 7.93. The average molecular weight is 471 g/mol. The number of benzene rings is 1. The molecule has 3 rings (SSSR count). The van der Waals surface area contributed by atoms with Crippen LogP contribution in [0.3, 0.4) is 0 Å². The molecule has 0 saturated carbocycles. The Labute approximate surface area is 197 Å². The van der Waals surface area contributed by atoms with E-state index in [1.807, 2.05) is 32.9 Å². The predicted octanol–water partition coefficient (Wildman–Crippen LogP) is 1.79. The van der Waals surface area contributed by atoms with Crippen molar-refractivity contribution >= 4 is 11.9 Å². The highest BCUT2D eigenvalue weighted by atomic mass is 16.5. The van der Waals surface area contributed by atoms with Gasteiger partial charge in [-0.25, -0.2) is 9.97 Å². The van der Waals surface area contributed by atoms with Crippen molar-refractivity contribution in [3.8, 4) is 28.7 Å². The number of nitrogens with zero attached hydrogens (tertiary/aromatic N) is 4. The van der Waals surface area contributed by atoms with Crippen LogP contribution in [0.2, 0.25) is 0 Å². The van der Waals surface area contributed by atoms with Crippen LogP contribution in [-0.2, 0) is 4.79 Å². The molecule has 0 fully saturated rings. The number of aromatic nitrogens is 4. The first-order valence-corrected chi connectivity index (χ1v) is 11.0. The highest BCUT2D eigenvalue weighted by Crippen LogP contribution is 2.30. The fourth-order valence-corrected chi connectivity index (χ4v) is 3.27. The van der Waals surface area contributed by atoms with Gasteiger partial charge in [0, 0.05) is 24.3 Å². The molecule has 2 aromatic heterocycles. The van der Waals surface area contributed by atoms with E-state index in [0.717, 1.165) is 35.3 Å². The van der Waals surface area contributed by atoms with Gasteiger partial charge >= 0.3 is 0 Å². The van der Waals surface area contributed by atoms with Gasteiger partial charge in [0.05, 0.1) is 0 Å². The van der Waals surface area contributed by atoms with E-state index in [9.17, 15) is 9.90 Å². The lowest BCUT2D eigenvalue weighted by atomic mass is 10.1. The molecule has 0 spiro atoms. The molecule has 11 heteroatoms. The summed E-state index contributed by atoms with van der Waals surface area (Å²) >= 11 is 0. The minimum Gasteiger partial charge on any atom is -0.490 e. The minimum absolute atomic E-state index is 0.0133. The molecule has 0 bridgehead atoms. The van der Waals surface area contributed by atoms with E-state index in [-0.39, 0.29) is 13.2 Å². The maximum absolute atomic E-state index is 11.1. The largest absolute Gasteiger partial charge is 0.490 e. The molecule has 1 aromatic carbocycles. The third-order valence-electron chi connectivity index (χ3n) is 4.85. The van der Waals surface area contributed by atoms with Gasteiger partial charge in [-0.2, -0.15) is 4.98 Å². The van der Waals surface area contributed by atoms with Crippen LogP contribution in [0.1, 0.15) is 30.2 Å². The molecule has 1 amide bonds. The van der Waals surface area contributed by atoms with Crippen molar-refractivity contribution in [2.75, 3.05) is 31.6 Å². The normalized spacial score (nSPS) is 11.8. The quantitative estimate of drug-likeness (QED) is 0.326. The van der Waals surface area contributed by atoms with Gasteiger partial charge in [-0.3, -0.25) is 4.79 Å². The smallest absolute Gasteiger partial charge is 0.277 e. The van der Waals surface area contributed by atoms with Crippen molar-refractivity contribution in [3.63, 3.8) is 0 Å². The van der Waals surface area contributed by atoms with Crippen LogP contribution >= 0.6 is 0 Å². The van der Waals surface area contributed by atoms with E-state index in [1.165, 1.54) is 0 Å². The number of aryl methyl sites for hydroxylation is 3. The molecule has 0 saturated heterocycles. The third-order valence-corrected chi connectivity index (χ3v) is 4.85. The molecule has 3 aromatic rings. The number of amides is 1. The molecule has 1 atom stereocenters. The number of aliphatic hydroxyl groups excluding tert-OH is 2. The van der Waals surface area contributed by atoms with Crippen LogP contribution < -0.4 is 15.4 Å². The van der Waals surface area contributed by atoms with E-state index in [1.54, 1.807) is 6.07 Å². The fraction of sp³-hybridized carbons (Fsp3) is 0.435. The van der Waals surface area contributed by atoms with Gasteiger partial charge in [0.25, 0.3) is 5.89 Å². The van der Waals surface area contributed by atoms with E-state index in [2.05, 4.69) is 37.7 Å². The first-order chi connectivity index (χ1) is 16.3. The lowest BCUT2D eigenvalue weighted by molar-refractivity contribution is -0.124. The number of hydrogen-bond donors (Lipinski definition) is 4. The summed E-state index contributed by atoms with van der Waals surface area (Å²) in [6.45, 7) is 7.81. The maximum atomic E-state index is 11.1. The van der Waals surface area contributed by atoms with Crippen molar-refractivity contribution < 1.29 is 24.3 Å². The molecule has 1 unspecified atom stereocenters. The first kappa shape index (κ1) is 25.1. The molecule has 2 heterocycles. The highest BCUT2D eigenvalue weighted by molar-refractivity contribution is 5.76. The molecule has 0 aliphatic carbocycles. The average Bonchev–Trinajstić information content (AvgIpc) is 3.30. The standard InChI is InChI=1S/C23H30N6O5/c1-5-6-24-23-26-15(4)9-18(27-23)22-28-21(29-34-22)16-7-13(2)20(14(3)8-16)33-12-17(31)10-25-19(32)11-30/h7-9,17,30-31H,5-6,10-12H2,1-4H3,(H,25,32)(H,24,26,27). The first-order valence-electron chi connectivity index (χ1n) is 11.0. The fourth-order valence-electron chi connectivity index (χ4n) is 3.27. The lowest BCUT2D eigenvalue weighted by Crippen LogP contribution is -2.36. The summed E-state index contributed by atoms with van der Waals surface area (Å²) in [5.74, 6) is 1.30. The summed E-state index contributed by atoms with van der Waals surface area (Å²) in [6, 6.07) is 5.53. The second-order valence-corrected chi connectivity index (χ2v) is 7.93. The van der Waals surface area contributed by atoms with Gasteiger partial charge in [0.2, 0.25) is 17.7 Å². The summed E-state index contributed by atoms with van der Waals surface area (Å²) < 4.78 is 11.2. The zero-order valence-electron chi connectivity index (χ0n) is 19.8. The van der Waals surface area contributed by atoms with Crippen LogP contribution in [0.5, 0.6) is 5.75 Å². The molecule has 11 nitrogen and oxygen atoms in total. The van der Waals surface area contributed by atoms with Gasteiger partial charge < -0.3 is 30.1 Å². The summed E-state index contributed by atoms with van der Waals surface area (Å²) in [7, 11) is 0. The molecule has 4 N–H and O–H groups in total. The summed E-state index contributed by atoms with van der Waals surface area (Å²) in [4.78, 5) is 24.4. The minimum atomic E-state index is -0.915. The Bertz CT molecular complexity index is 1110. The zero-order valence-corrected chi connectivity index (χ0v) is 19.8. The Morgan fingerprint density at radius 2 is 1.88 bits per heavy atom. The van der Waals surface area contributed by atoms with Crippen molar-refractivity contribution in [3.05, 3.63) is 35.0 Å². The number of carbonyl (C=O) groups excluding carboxylic acids is 1. The number of ether oxygens (including phenoxy) is 1. The Morgan fingerprint density at radius 3 is 2.56 bits per heavy atom. The summed E-state index contributed by atoms with van der Waals surface area (Å²) in [5, 5.41) is 28.4. The van der Waals surface area contributed by atoms with Crippen LogP contribution in [0.4, 0.5) is 5.95 Å². The number of hydrogen-bond acceptors (Lipinski definition) is 10. The number of rotatable bonds is 11. The van der Waals surface area contributed by atoms with Gasteiger partial charge in [0.1, 0.15) is 30.8 Å². The van der Waals surface area contributed by atoms with Crippen molar-refractivity contribution in [2.45, 2.75) is 40.2 Å². The summed E-state index contributed by atoms with van der Waals surface area (Å²) in [6.07, 6.45) is 0.0383. The zero-order chi connectivity index (χ0) is 24.7.